The minimum absolute atomic E-state index is 0.0413. The number of halogens is 2. The van der Waals surface area contributed by atoms with Gasteiger partial charge in [-0.05, 0) is 45.9 Å². The van der Waals surface area contributed by atoms with Crippen LogP contribution < -0.4 is 10.5 Å². The molecule has 37 heavy (non-hydrogen) atoms. The second-order valence-corrected chi connectivity index (χ2v) is 15.8. The number of rotatable bonds is 5. The van der Waals surface area contributed by atoms with Gasteiger partial charge in [-0.25, -0.2) is 23.4 Å². The number of carbonyl (C=O) groups is 3. The predicted molar refractivity (Wildman–Crippen MR) is 138 cm³/mol. The van der Waals surface area contributed by atoms with E-state index in [9.17, 15) is 23.2 Å². The van der Waals surface area contributed by atoms with E-state index in [2.05, 4.69) is 10.3 Å². The number of aromatic nitrogens is 1. The molecule has 11 heteroatoms. The fourth-order valence-corrected chi connectivity index (χ4v) is 5.75. The molecular formula is C26H33F2N3O5Si. The lowest BCUT2D eigenvalue weighted by Crippen LogP contribution is -2.47. The van der Waals surface area contributed by atoms with Crippen LogP contribution in [-0.2, 0) is 20.7 Å². The first-order valence-corrected chi connectivity index (χ1v) is 15.6. The minimum atomic E-state index is -2.31. The lowest BCUT2D eigenvalue weighted by Gasteiger charge is -2.36. The molecule has 1 aromatic carbocycles. The molecule has 0 radical (unpaired) electrons. The number of nitrogens with zero attached hydrogens (tertiary/aromatic N) is 2. The van der Waals surface area contributed by atoms with Gasteiger partial charge in [-0.3, -0.25) is 9.69 Å². The molecule has 2 heterocycles. The third kappa shape index (κ3) is 6.51. The van der Waals surface area contributed by atoms with Gasteiger partial charge < -0.3 is 14.8 Å². The summed E-state index contributed by atoms with van der Waals surface area (Å²) in [5.74, 6) is -2.77. The van der Waals surface area contributed by atoms with E-state index in [0.717, 1.165) is 12.1 Å². The summed E-state index contributed by atoms with van der Waals surface area (Å²) in [7, 11) is -2.31. The van der Waals surface area contributed by atoms with E-state index in [1.165, 1.54) is 17.0 Å². The second-order valence-electron chi connectivity index (χ2n) is 10.8. The van der Waals surface area contributed by atoms with Crippen molar-refractivity contribution < 1.29 is 32.6 Å². The van der Waals surface area contributed by atoms with Gasteiger partial charge in [0.1, 0.15) is 29.0 Å². The van der Waals surface area contributed by atoms with Crippen LogP contribution in [0, 0.1) is 11.6 Å². The highest BCUT2D eigenvalue weighted by Crippen LogP contribution is 2.32. The van der Waals surface area contributed by atoms with Crippen LogP contribution in [0.1, 0.15) is 55.5 Å². The fourth-order valence-electron chi connectivity index (χ4n) is 4.18. The quantitative estimate of drug-likeness (QED) is 0.447. The molecule has 1 unspecified atom stereocenters. The molecule has 1 aliphatic rings. The van der Waals surface area contributed by atoms with E-state index >= 15 is 0 Å². The van der Waals surface area contributed by atoms with Crippen molar-refractivity contribution in [1.82, 2.24) is 9.88 Å². The van der Waals surface area contributed by atoms with Gasteiger partial charge in [0.05, 0.1) is 14.7 Å². The van der Waals surface area contributed by atoms with Crippen LogP contribution in [0.3, 0.4) is 0 Å². The van der Waals surface area contributed by atoms with E-state index < -0.39 is 49.3 Å². The Hall–Kier alpha value is -3.34. The van der Waals surface area contributed by atoms with Crippen LogP contribution in [-0.4, -0.2) is 54.7 Å². The summed E-state index contributed by atoms with van der Waals surface area (Å²) in [6, 6.07) is 3.91. The molecule has 0 spiro atoms. The Balaban J connectivity index is 2.01. The van der Waals surface area contributed by atoms with Gasteiger partial charge in [-0.1, -0.05) is 25.7 Å². The first-order chi connectivity index (χ1) is 17.1. The SMILES string of the molecule is CCOC(=O)c1ccc2c(n1)CCN(C(=O)OC(C)(C)C)C2C(=O)Nc1cc(F)c([Si](C)(C)C)c(F)c1. The van der Waals surface area contributed by atoms with Gasteiger partial charge in [0.2, 0.25) is 0 Å². The molecule has 1 aliphatic heterocycles. The Kier molecular flexibility index (Phi) is 8.06. The maximum atomic E-state index is 14.8. The zero-order chi connectivity index (χ0) is 27.7. The molecule has 8 nitrogen and oxygen atoms in total. The molecule has 1 N–H and O–H groups in total. The molecule has 0 aliphatic carbocycles. The molecule has 2 aromatic rings. The lowest BCUT2D eigenvalue weighted by atomic mass is 9.95. The Bertz CT molecular complexity index is 1200. The van der Waals surface area contributed by atoms with Crippen molar-refractivity contribution in [3.8, 4) is 0 Å². The standard InChI is InChI=1S/C26H33F2N3O5Si/c1-8-35-24(33)20-10-9-16-19(30-20)11-12-31(25(34)36-26(2,3)4)21(16)23(32)29-15-13-17(27)22(18(28)14-15)37(5,6)7/h9-10,13-14,21H,8,11-12H2,1-7H3,(H,29,32). The largest absolute Gasteiger partial charge is 0.461 e. The summed E-state index contributed by atoms with van der Waals surface area (Å²) in [6.07, 6.45) is -0.459. The fraction of sp³-hybridized carbons (Fsp3) is 0.462. The highest BCUT2D eigenvalue weighted by Gasteiger charge is 2.39. The van der Waals surface area contributed by atoms with Gasteiger partial charge in [0, 0.05) is 35.1 Å². The van der Waals surface area contributed by atoms with Gasteiger partial charge in [-0.2, -0.15) is 0 Å². The van der Waals surface area contributed by atoms with Crippen LogP contribution in [0.15, 0.2) is 24.3 Å². The van der Waals surface area contributed by atoms with Crippen molar-refractivity contribution in [1.29, 1.82) is 0 Å². The van der Waals surface area contributed by atoms with E-state index in [-0.39, 0.29) is 36.1 Å². The highest BCUT2D eigenvalue weighted by atomic mass is 28.3. The topological polar surface area (TPSA) is 97.8 Å². The smallest absolute Gasteiger partial charge is 0.411 e. The van der Waals surface area contributed by atoms with E-state index in [4.69, 9.17) is 9.47 Å². The van der Waals surface area contributed by atoms with Crippen LogP contribution in [0.4, 0.5) is 19.3 Å². The first kappa shape index (κ1) is 28.2. The first-order valence-electron chi connectivity index (χ1n) is 12.1. The minimum Gasteiger partial charge on any atom is -0.461 e. The van der Waals surface area contributed by atoms with Crippen molar-refractivity contribution in [2.24, 2.45) is 0 Å². The molecule has 200 valence electrons. The Morgan fingerprint density at radius 2 is 1.76 bits per heavy atom. The molecule has 1 aromatic heterocycles. The monoisotopic (exact) mass is 533 g/mol. The molecule has 0 fully saturated rings. The number of hydrogen-bond donors (Lipinski definition) is 1. The van der Waals surface area contributed by atoms with Gasteiger partial charge in [0.15, 0.2) is 0 Å². The number of amides is 2. The van der Waals surface area contributed by atoms with E-state index in [1.807, 2.05) is 19.6 Å². The van der Waals surface area contributed by atoms with Gasteiger partial charge >= 0.3 is 12.1 Å². The lowest BCUT2D eigenvalue weighted by molar-refractivity contribution is -0.122. The van der Waals surface area contributed by atoms with Crippen molar-refractivity contribution in [3.05, 3.63) is 52.9 Å². The number of ether oxygens (including phenoxy) is 2. The number of hydrogen-bond acceptors (Lipinski definition) is 6. The van der Waals surface area contributed by atoms with Gasteiger partial charge in [0.25, 0.3) is 5.91 Å². The average molecular weight is 534 g/mol. The number of benzene rings is 1. The normalized spacial score (nSPS) is 15.6. The maximum Gasteiger partial charge on any atom is 0.411 e. The van der Waals surface area contributed by atoms with Crippen molar-refractivity contribution in [3.63, 3.8) is 0 Å². The molecule has 0 bridgehead atoms. The third-order valence-electron chi connectivity index (χ3n) is 5.63. The summed E-state index contributed by atoms with van der Waals surface area (Å²) < 4.78 is 40.1. The Morgan fingerprint density at radius 1 is 1.14 bits per heavy atom. The summed E-state index contributed by atoms with van der Waals surface area (Å²) in [6.45, 7) is 12.5. The zero-order valence-corrected chi connectivity index (χ0v) is 23.2. The average Bonchev–Trinajstić information content (AvgIpc) is 2.75. The van der Waals surface area contributed by atoms with Crippen LogP contribution >= 0.6 is 0 Å². The summed E-state index contributed by atoms with van der Waals surface area (Å²) >= 11 is 0. The Labute approximate surface area is 216 Å². The second kappa shape index (κ2) is 10.6. The van der Waals surface area contributed by atoms with Crippen LogP contribution in [0.5, 0.6) is 0 Å². The van der Waals surface area contributed by atoms with Crippen molar-refractivity contribution in [2.45, 2.75) is 65.4 Å². The number of esters is 1. The number of pyridine rings is 1. The molecular weight excluding hydrogens is 500 g/mol. The number of fused-ring (bicyclic) bond motifs is 1. The van der Waals surface area contributed by atoms with Crippen molar-refractivity contribution in [2.75, 3.05) is 18.5 Å². The third-order valence-corrected chi connectivity index (χ3v) is 7.60. The zero-order valence-electron chi connectivity index (χ0n) is 22.2. The van der Waals surface area contributed by atoms with E-state index in [1.54, 1.807) is 27.7 Å². The van der Waals surface area contributed by atoms with Gasteiger partial charge in [-0.15, -0.1) is 0 Å². The number of anilines is 1. The molecule has 1 atom stereocenters. The summed E-state index contributed by atoms with van der Waals surface area (Å²) in [5.41, 5.74) is 0.00812. The highest BCUT2D eigenvalue weighted by molar-refractivity contribution is 6.88. The maximum absolute atomic E-state index is 14.8. The Morgan fingerprint density at radius 3 is 2.30 bits per heavy atom. The van der Waals surface area contributed by atoms with Crippen LogP contribution in [0.25, 0.3) is 0 Å². The number of carbonyl (C=O) groups excluding carboxylic acids is 3. The molecule has 0 saturated heterocycles. The van der Waals surface area contributed by atoms with E-state index in [0.29, 0.717) is 11.3 Å². The van der Waals surface area contributed by atoms with Crippen molar-refractivity contribution >= 4 is 36.9 Å². The number of nitrogens with one attached hydrogen (secondary N) is 1. The summed E-state index contributed by atoms with van der Waals surface area (Å²) in [5, 5.41) is 2.59. The molecule has 3 rings (SSSR count). The van der Waals surface area contributed by atoms with Crippen LogP contribution in [0.2, 0.25) is 19.6 Å². The molecule has 2 amide bonds. The summed E-state index contributed by atoms with van der Waals surface area (Å²) in [4.78, 5) is 44.3. The predicted octanol–water partition coefficient (Wildman–Crippen LogP) is 4.55. The molecule has 0 saturated carbocycles.